The van der Waals surface area contributed by atoms with Gasteiger partial charge in [0.15, 0.2) is 5.78 Å². The highest BCUT2D eigenvalue weighted by atomic mass is 32.2. The van der Waals surface area contributed by atoms with Crippen LogP contribution in [0.25, 0.3) is 0 Å². The zero-order valence-electron chi connectivity index (χ0n) is 19.5. The number of hydrogen-bond acceptors (Lipinski definition) is 4. The van der Waals surface area contributed by atoms with Gasteiger partial charge in [0.25, 0.3) is 0 Å². The highest BCUT2D eigenvalue weighted by molar-refractivity contribution is 7.89. The molecule has 0 fully saturated rings. The van der Waals surface area contributed by atoms with Gasteiger partial charge in [-0.1, -0.05) is 60.7 Å². The fourth-order valence-electron chi connectivity index (χ4n) is 5.54. The van der Waals surface area contributed by atoms with Crippen molar-refractivity contribution in [1.29, 1.82) is 0 Å². The summed E-state index contributed by atoms with van der Waals surface area (Å²) in [7, 11) is -3.75. The van der Waals surface area contributed by atoms with Crippen molar-refractivity contribution in [3.63, 3.8) is 0 Å². The Hall–Kier alpha value is -3.29. The molecule has 0 heterocycles. The Morgan fingerprint density at radius 1 is 0.857 bits per heavy atom. The molecule has 1 unspecified atom stereocenters. The van der Waals surface area contributed by atoms with E-state index in [9.17, 15) is 18.0 Å². The smallest absolute Gasteiger partial charge is 0.240 e. The zero-order valence-corrected chi connectivity index (χ0v) is 20.3. The summed E-state index contributed by atoms with van der Waals surface area (Å²) < 4.78 is 27.5. The summed E-state index contributed by atoms with van der Waals surface area (Å²) in [6, 6.07) is 23.0. The van der Waals surface area contributed by atoms with E-state index in [0.29, 0.717) is 23.9 Å². The minimum Gasteiger partial charge on any atom is -0.356 e. The SMILES string of the molecule is CC(=O)c1ccc(S(=O)(=O)NCCC(=O)NCC2CC3c4ccccc4C2c2ccccc23)cc1. The number of benzene rings is 3. The molecule has 2 N–H and O–H groups in total. The molecule has 0 radical (unpaired) electrons. The number of fused-ring (bicyclic) bond motifs is 1. The minimum atomic E-state index is -3.75. The lowest BCUT2D eigenvalue weighted by Crippen LogP contribution is -2.40. The van der Waals surface area contributed by atoms with E-state index in [1.165, 1.54) is 53.4 Å². The van der Waals surface area contributed by atoms with Crippen molar-refractivity contribution < 1.29 is 18.0 Å². The van der Waals surface area contributed by atoms with Crippen LogP contribution in [0.3, 0.4) is 0 Å². The molecule has 2 bridgehead atoms. The number of nitrogens with one attached hydrogen (secondary N) is 2. The van der Waals surface area contributed by atoms with Crippen LogP contribution in [0.5, 0.6) is 0 Å². The second-order valence-electron chi connectivity index (χ2n) is 9.32. The van der Waals surface area contributed by atoms with E-state index in [4.69, 9.17) is 0 Å². The quantitative estimate of drug-likeness (QED) is 0.469. The Morgan fingerprint density at radius 3 is 2.00 bits per heavy atom. The molecule has 0 saturated carbocycles. The Kier molecular flexibility index (Phi) is 6.30. The van der Waals surface area contributed by atoms with Gasteiger partial charge >= 0.3 is 0 Å². The lowest BCUT2D eigenvalue weighted by atomic mass is 9.59. The van der Waals surface area contributed by atoms with Crippen LogP contribution in [0.15, 0.2) is 77.7 Å². The number of Topliss-reactive ketones (excluding diaryl/α,β-unsaturated/α-hetero) is 1. The predicted molar refractivity (Wildman–Crippen MR) is 134 cm³/mol. The molecule has 0 spiro atoms. The van der Waals surface area contributed by atoms with Crippen LogP contribution < -0.4 is 10.0 Å². The Morgan fingerprint density at radius 2 is 1.43 bits per heavy atom. The largest absolute Gasteiger partial charge is 0.356 e. The molecule has 0 aliphatic heterocycles. The number of sulfonamides is 1. The average Bonchev–Trinajstić information content (AvgIpc) is 2.87. The van der Waals surface area contributed by atoms with Crippen molar-refractivity contribution in [1.82, 2.24) is 10.0 Å². The highest BCUT2D eigenvalue weighted by Crippen LogP contribution is 2.55. The normalized spacial score (nSPS) is 20.1. The summed E-state index contributed by atoms with van der Waals surface area (Å²) in [6.45, 7) is 1.99. The van der Waals surface area contributed by atoms with Crippen molar-refractivity contribution >= 4 is 21.7 Å². The number of ketones is 1. The monoisotopic (exact) mass is 488 g/mol. The van der Waals surface area contributed by atoms with Gasteiger partial charge in [0.05, 0.1) is 4.90 Å². The van der Waals surface area contributed by atoms with E-state index >= 15 is 0 Å². The van der Waals surface area contributed by atoms with Gasteiger partial charge < -0.3 is 5.32 Å². The van der Waals surface area contributed by atoms with Gasteiger partial charge in [-0.05, 0) is 53.6 Å². The molecule has 35 heavy (non-hydrogen) atoms. The van der Waals surface area contributed by atoms with Gasteiger partial charge in [-0.25, -0.2) is 13.1 Å². The van der Waals surface area contributed by atoms with Gasteiger partial charge in [0, 0.05) is 36.9 Å². The maximum Gasteiger partial charge on any atom is 0.240 e. The van der Waals surface area contributed by atoms with Crippen LogP contribution in [0.2, 0.25) is 0 Å². The summed E-state index contributed by atoms with van der Waals surface area (Å²) in [5.41, 5.74) is 5.94. The molecule has 3 aliphatic rings. The Bertz CT molecular complexity index is 1330. The summed E-state index contributed by atoms with van der Waals surface area (Å²) in [5, 5.41) is 3.03. The fourth-order valence-corrected chi connectivity index (χ4v) is 6.58. The first-order valence-corrected chi connectivity index (χ1v) is 13.4. The van der Waals surface area contributed by atoms with Gasteiger partial charge in [0.2, 0.25) is 15.9 Å². The Balaban J connectivity index is 1.18. The number of hydrogen-bond donors (Lipinski definition) is 2. The number of rotatable bonds is 8. The molecule has 0 aromatic heterocycles. The van der Waals surface area contributed by atoms with Gasteiger partial charge in [-0.2, -0.15) is 0 Å². The molecule has 7 heteroatoms. The van der Waals surface area contributed by atoms with E-state index < -0.39 is 10.0 Å². The first-order valence-electron chi connectivity index (χ1n) is 11.9. The third kappa shape index (κ3) is 4.54. The number of carbonyl (C=O) groups is 2. The van der Waals surface area contributed by atoms with Crippen LogP contribution in [0.4, 0.5) is 0 Å². The second-order valence-corrected chi connectivity index (χ2v) is 11.1. The van der Waals surface area contributed by atoms with Crippen LogP contribution in [0.1, 0.15) is 64.2 Å². The van der Waals surface area contributed by atoms with Gasteiger partial charge in [-0.15, -0.1) is 0 Å². The molecular formula is C28H28N2O4S. The van der Waals surface area contributed by atoms with Crippen molar-refractivity contribution in [2.45, 2.75) is 36.5 Å². The van der Waals surface area contributed by atoms with E-state index in [1.807, 2.05) is 0 Å². The molecule has 0 saturated heterocycles. The highest BCUT2D eigenvalue weighted by Gasteiger charge is 2.42. The van der Waals surface area contributed by atoms with Crippen LogP contribution >= 0.6 is 0 Å². The molecule has 1 amide bonds. The topological polar surface area (TPSA) is 92.3 Å². The van der Waals surface area contributed by atoms with Crippen LogP contribution in [-0.4, -0.2) is 33.2 Å². The molecule has 180 valence electrons. The molecule has 1 atom stereocenters. The average molecular weight is 489 g/mol. The van der Waals surface area contributed by atoms with Crippen LogP contribution in [0, 0.1) is 5.92 Å². The van der Waals surface area contributed by atoms with Crippen molar-refractivity contribution in [2.75, 3.05) is 13.1 Å². The molecule has 6 rings (SSSR count). The number of amides is 1. The fraction of sp³-hybridized carbons (Fsp3) is 0.286. The summed E-state index contributed by atoms with van der Waals surface area (Å²) in [6.07, 6.45) is 1.04. The third-order valence-corrected chi connectivity index (χ3v) is 8.68. The third-order valence-electron chi connectivity index (χ3n) is 7.20. The van der Waals surface area contributed by atoms with E-state index in [-0.39, 0.29) is 35.5 Å². The van der Waals surface area contributed by atoms with E-state index in [0.717, 1.165) is 6.42 Å². The maximum absolute atomic E-state index is 12.5. The minimum absolute atomic E-state index is 0.00497. The maximum atomic E-state index is 12.5. The molecule has 3 aromatic rings. The second kappa shape index (κ2) is 9.40. The predicted octanol–water partition coefficient (Wildman–Crippen LogP) is 3.97. The van der Waals surface area contributed by atoms with Crippen molar-refractivity contribution in [3.8, 4) is 0 Å². The first kappa shape index (κ1) is 23.5. The lowest BCUT2D eigenvalue weighted by molar-refractivity contribution is -0.121. The van der Waals surface area contributed by atoms with E-state index in [1.54, 1.807) is 0 Å². The molecule has 3 aliphatic carbocycles. The van der Waals surface area contributed by atoms with Gasteiger partial charge in [-0.3, -0.25) is 9.59 Å². The van der Waals surface area contributed by atoms with Gasteiger partial charge in [0.1, 0.15) is 0 Å². The first-order chi connectivity index (χ1) is 16.8. The number of carbonyl (C=O) groups excluding carboxylic acids is 2. The summed E-state index contributed by atoms with van der Waals surface area (Å²) in [4.78, 5) is 24.0. The van der Waals surface area contributed by atoms with Crippen molar-refractivity contribution in [3.05, 3.63) is 101 Å². The molecular weight excluding hydrogens is 460 g/mol. The molecule has 6 nitrogen and oxygen atoms in total. The summed E-state index contributed by atoms with van der Waals surface area (Å²) in [5.74, 6) is 0.587. The summed E-state index contributed by atoms with van der Waals surface area (Å²) >= 11 is 0. The molecule has 3 aromatic carbocycles. The standard InChI is InChI=1S/C28H28N2O4S/c1-18(31)19-10-12-21(13-11-19)35(33,34)30-15-14-27(32)29-17-20-16-26-22-6-2-4-8-24(22)28(20)25-9-5-3-7-23(25)26/h2-13,20,26,28,30H,14-17H2,1H3,(H,29,32). The van der Waals surface area contributed by atoms with Crippen LogP contribution in [-0.2, 0) is 14.8 Å². The lowest BCUT2D eigenvalue weighted by Gasteiger charge is -2.45. The zero-order chi connectivity index (χ0) is 24.6. The Labute approximate surface area is 205 Å². The van der Waals surface area contributed by atoms with Crippen molar-refractivity contribution in [2.24, 2.45) is 5.92 Å². The van der Waals surface area contributed by atoms with E-state index in [2.05, 4.69) is 58.6 Å².